The fourth-order valence-corrected chi connectivity index (χ4v) is 2.61. The molecular weight excluding hydrogens is 396 g/mol. The third kappa shape index (κ3) is 9.53. The predicted octanol–water partition coefficient (Wildman–Crippen LogP) is 4.56. The highest BCUT2D eigenvalue weighted by molar-refractivity contribution is 5.22. The maximum atomic E-state index is 5.69. The SMILES string of the molecule is c1ccc(OCCOC(OCCOc2ccccc2)OCCOc2ccccc2)cc1. The van der Waals surface area contributed by atoms with Crippen molar-refractivity contribution in [3.05, 3.63) is 91.0 Å². The number of rotatable bonds is 15. The molecule has 0 radical (unpaired) electrons. The van der Waals surface area contributed by atoms with Gasteiger partial charge in [-0.3, -0.25) is 0 Å². The van der Waals surface area contributed by atoms with Crippen molar-refractivity contribution in [2.24, 2.45) is 0 Å². The molecule has 3 aromatic rings. The van der Waals surface area contributed by atoms with Gasteiger partial charge in [0.05, 0.1) is 19.8 Å². The van der Waals surface area contributed by atoms with Gasteiger partial charge in [0, 0.05) is 0 Å². The van der Waals surface area contributed by atoms with Gasteiger partial charge >= 0.3 is 0 Å². The Morgan fingerprint density at radius 1 is 0.387 bits per heavy atom. The van der Waals surface area contributed by atoms with Crippen LogP contribution in [0.5, 0.6) is 17.2 Å². The Hall–Kier alpha value is -3.06. The van der Waals surface area contributed by atoms with E-state index < -0.39 is 6.48 Å². The van der Waals surface area contributed by atoms with Gasteiger partial charge in [0.15, 0.2) is 0 Å². The molecule has 6 nitrogen and oxygen atoms in total. The molecule has 0 N–H and O–H groups in total. The summed E-state index contributed by atoms with van der Waals surface area (Å²) in [7, 11) is 0. The van der Waals surface area contributed by atoms with Crippen LogP contribution >= 0.6 is 0 Å². The Kier molecular flexibility index (Phi) is 10.2. The molecule has 6 heteroatoms. The summed E-state index contributed by atoms with van der Waals surface area (Å²) in [6.07, 6.45) is 0. The highest BCUT2D eigenvalue weighted by atomic mass is 16.8. The minimum Gasteiger partial charge on any atom is -0.491 e. The van der Waals surface area contributed by atoms with Crippen molar-refractivity contribution < 1.29 is 28.4 Å². The lowest BCUT2D eigenvalue weighted by molar-refractivity contribution is -0.291. The monoisotopic (exact) mass is 424 g/mol. The summed E-state index contributed by atoms with van der Waals surface area (Å²) in [5.74, 6) is 2.37. The summed E-state index contributed by atoms with van der Waals surface area (Å²) in [5, 5.41) is 0. The summed E-state index contributed by atoms with van der Waals surface area (Å²) in [4.78, 5) is 0. The molecule has 0 atom stereocenters. The molecular formula is C25H28O6. The Balaban J connectivity index is 1.36. The minimum atomic E-state index is -0.835. The van der Waals surface area contributed by atoms with E-state index in [1.54, 1.807) is 0 Å². The van der Waals surface area contributed by atoms with E-state index >= 15 is 0 Å². The maximum Gasteiger partial charge on any atom is 0.271 e. The van der Waals surface area contributed by atoms with Crippen LogP contribution in [0, 0.1) is 0 Å². The quantitative estimate of drug-likeness (QED) is 0.263. The van der Waals surface area contributed by atoms with Crippen LogP contribution in [0.1, 0.15) is 0 Å². The molecule has 0 saturated carbocycles. The van der Waals surface area contributed by atoms with E-state index in [2.05, 4.69) is 0 Å². The number of hydrogen-bond acceptors (Lipinski definition) is 6. The summed E-state index contributed by atoms with van der Waals surface area (Å²) >= 11 is 0. The van der Waals surface area contributed by atoms with Crippen molar-refractivity contribution in [3.63, 3.8) is 0 Å². The van der Waals surface area contributed by atoms with Crippen LogP contribution in [0.25, 0.3) is 0 Å². The lowest BCUT2D eigenvalue weighted by Gasteiger charge is -2.19. The molecule has 0 aliphatic carbocycles. The summed E-state index contributed by atoms with van der Waals surface area (Å²) in [6, 6.07) is 28.7. The van der Waals surface area contributed by atoms with Gasteiger partial charge in [-0.1, -0.05) is 54.6 Å². The van der Waals surface area contributed by atoms with Crippen LogP contribution in [-0.2, 0) is 14.2 Å². The van der Waals surface area contributed by atoms with Crippen LogP contribution in [0.2, 0.25) is 0 Å². The van der Waals surface area contributed by atoms with Gasteiger partial charge in [0.25, 0.3) is 6.48 Å². The zero-order chi connectivity index (χ0) is 21.4. The van der Waals surface area contributed by atoms with Crippen LogP contribution in [0.15, 0.2) is 91.0 Å². The third-order valence-corrected chi connectivity index (χ3v) is 4.05. The average molecular weight is 424 g/mol. The second kappa shape index (κ2) is 14.0. The molecule has 3 aromatic carbocycles. The van der Waals surface area contributed by atoms with Crippen molar-refractivity contribution in [2.75, 3.05) is 39.6 Å². The lowest BCUT2D eigenvalue weighted by atomic mass is 10.3. The molecule has 0 amide bonds. The van der Waals surface area contributed by atoms with Gasteiger partial charge in [0.2, 0.25) is 0 Å². The standard InChI is InChI=1S/C25H28O6/c1-4-10-22(11-5-1)26-16-19-29-25(30-20-17-27-23-12-6-2-7-13-23)31-21-18-28-24-14-8-3-9-15-24/h1-15,25H,16-21H2. The molecule has 0 heterocycles. The molecule has 164 valence electrons. The largest absolute Gasteiger partial charge is 0.491 e. The molecule has 0 bridgehead atoms. The molecule has 0 aliphatic heterocycles. The zero-order valence-corrected chi connectivity index (χ0v) is 17.4. The van der Waals surface area contributed by atoms with Gasteiger partial charge < -0.3 is 28.4 Å². The topological polar surface area (TPSA) is 55.4 Å². The smallest absolute Gasteiger partial charge is 0.271 e. The molecule has 31 heavy (non-hydrogen) atoms. The Morgan fingerprint density at radius 2 is 0.677 bits per heavy atom. The van der Waals surface area contributed by atoms with Crippen molar-refractivity contribution in [1.82, 2.24) is 0 Å². The molecule has 0 spiro atoms. The van der Waals surface area contributed by atoms with Crippen LogP contribution in [-0.4, -0.2) is 46.1 Å². The summed E-state index contributed by atoms with van der Waals surface area (Å²) in [5.41, 5.74) is 0. The third-order valence-electron chi connectivity index (χ3n) is 4.05. The van der Waals surface area contributed by atoms with Crippen LogP contribution in [0.3, 0.4) is 0 Å². The molecule has 0 saturated heterocycles. The van der Waals surface area contributed by atoms with Crippen LogP contribution < -0.4 is 14.2 Å². The fraction of sp³-hybridized carbons (Fsp3) is 0.280. The number of benzene rings is 3. The van der Waals surface area contributed by atoms with Crippen molar-refractivity contribution in [3.8, 4) is 17.2 Å². The van der Waals surface area contributed by atoms with Gasteiger partial charge in [-0.25, -0.2) is 0 Å². The van der Waals surface area contributed by atoms with E-state index in [1.165, 1.54) is 0 Å². The first-order valence-corrected chi connectivity index (χ1v) is 10.3. The maximum absolute atomic E-state index is 5.69. The Labute approximate surface area is 183 Å². The lowest BCUT2D eigenvalue weighted by Crippen LogP contribution is -2.27. The first kappa shape index (κ1) is 22.6. The average Bonchev–Trinajstić information content (AvgIpc) is 2.83. The van der Waals surface area contributed by atoms with E-state index in [0.717, 1.165) is 17.2 Å². The van der Waals surface area contributed by atoms with Gasteiger partial charge in [0.1, 0.15) is 37.1 Å². The highest BCUT2D eigenvalue weighted by Gasteiger charge is 2.11. The van der Waals surface area contributed by atoms with Crippen molar-refractivity contribution in [2.45, 2.75) is 6.48 Å². The molecule has 0 unspecified atom stereocenters. The molecule has 0 aromatic heterocycles. The van der Waals surface area contributed by atoms with E-state index in [4.69, 9.17) is 28.4 Å². The molecule has 3 rings (SSSR count). The number of para-hydroxylation sites is 3. The normalized spacial score (nSPS) is 10.7. The minimum absolute atomic E-state index is 0.318. The van der Waals surface area contributed by atoms with Gasteiger partial charge in [-0.05, 0) is 36.4 Å². The second-order valence-corrected chi connectivity index (χ2v) is 6.39. The number of ether oxygens (including phenoxy) is 6. The van der Waals surface area contributed by atoms with Gasteiger partial charge in [-0.2, -0.15) is 0 Å². The highest BCUT2D eigenvalue weighted by Crippen LogP contribution is 2.10. The van der Waals surface area contributed by atoms with E-state index in [0.29, 0.717) is 39.6 Å². The second-order valence-electron chi connectivity index (χ2n) is 6.39. The first-order valence-electron chi connectivity index (χ1n) is 10.3. The van der Waals surface area contributed by atoms with Crippen LogP contribution in [0.4, 0.5) is 0 Å². The summed E-state index contributed by atoms with van der Waals surface area (Å²) in [6.45, 7) is 1.27. The van der Waals surface area contributed by atoms with E-state index in [9.17, 15) is 0 Å². The fourth-order valence-electron chi connectivity index (χ4n) is 2.61. The zero-order valence-electron chi connectivity index (χ0n) is 17.4. The molecule has 0 aliphatic rings. The van der Waals surface area contributed by atoms with Gasteiger partial charge in [-0.15, -0.1) is 0 Å². The molecule has 0 fully saturated rings. The predicted molar refractivity (Wildman–Crippen MR) is 117 cm³/mol. The Bertz CT molecular complexity index is 700. The Morgan fingerprint density at radius 3 is 0.968 bits per heavy atom. The van der Waals surface area contributed by atoms with E-state index in [-0.39, 0.29) is 0 Å². The summed E-state index contributed by atoms with van der Waals surface area (Å²) < 4.78 is 34.0. The van der Waals surface area contributed by atoms with Crippen molar-refractivity contribution in [1.29, 1.82) is 0 Å². The van der Waals surface area contributed by atoms with E-state index in [1.807, 2.05) is 91.0 Å². The van der Waals surface area contributed by atoms with Crippen molar-refractivity contribution >= 4 is 0 Å². The number of hydrogen-bond donors (Lipinski definition) is 0. The first-order chi connectivity index (χ1) is 15.4.